The maximum atomic E-state index is 13.8. The van der Waals surface area contributed by atoms with Crippen molar-refractivity contribution < 1.29 is 28.6 Å². The fourth-order valence-corrected chi connectivity index (χ4v) is 5.50. The largest absolute Gasteiger partial charge is 0.494 e. The monoisotopic (exact) mass is 650 g/mol. The normalized spacial score (nSPS) is 14.3. The number of nitrogens with one attached hydrogen (secondary N) is 1. The van der Waals surface area contributed by atoms with Crippen molar-refractivity contribution in [3.8, 4) is 22.8 Å². The Kier molecular flexibility index (Phi) is 8.66. The van der Waals surface area contributed by atoms with Crippen molar-refractivity contribution in [2.24, 2.45) is 11.7 Å². The molecule has 9 nitrogen and oxygen atoms in total. The fraction of sp³-hybridized carbons (Fsp3) is 0.312. The van der Waals surface area contributed by atoms with Crippen LogP contribution in [0.5, 0.6) is 11.5 Å². The van der Waals surface area contributed by atoms with Gasteiger partial charge < -0.3 is 25.6 Å². The molecule has 1 atom stereocenters. The van der Waals surface area contributed by atoms with Crippen LogP contribution in [0.3, 0.4) is 0 Å². The number of rotatable bonds is 11. The quantitative estimate of drug-likeness (QED) is 0.208. The van der Waals surface area contributed by atoms with Crippen molar-refractivity contribution in [1.82, 2.24) is 15.3 Å². The molecule has 0 radical (unpaired) electrons. The minimum absolute atomic E-state index is 0.146. The molecule has 43 heavy (non-hydrogen) atoms. The van der Waals surface area contributed by atoms with Crippen molar-refractivity contribution in [1.29, 1.82) is 0 Å². The maximum absolute atomic E-state index is 13.8. The summed E-state index contributed by atoms with van der Waals surface area (Å²) in [6.07, 6.45) is 1.29. The van der Waals surface area contributed by atoms with Crippen LogP contribution in [0.1, 0.15) is 47.1 Å². The number of pyridine rings is 2. The van der Waals surface area contributed by atoms with Gasteiger partial charge in [0, 0.05) is 26.5 Å². The van der Waals surface area contributed by atoms with Gasteiger partial charge in [0.15, 0.2) is 0 Å². The minimum Gasteiger partial charge on any atom is -0.494 e. The van der Waals surface area contributed by atoms with E-state index < -0.39 is 23.2 Å². The summed E-state index contributed by atoms with van der Waals surface area (Å²) in [7, 11) is 1.52. The highest BCUT2D eigenvalue weighted by atomic mass is 79.9. The van der Waals surface area contributed by atoms with Crippen LogP contribution in [0.4, 0.5) is 4.39 Å². The number of primary amides is 1. The van der Waals surface area contributed by atoms with E-state index in [1.807, 2.05) is 13.0 Å². The Labute approximate surface area is 256 Å². The number of hydrogen-bond acceptors (Lipinski definition) is 7. The Balaban J connectivity index is 1.53. The lowest BCUT2D eigenvalue weighted by Gasteiger charge is -2.30. The molecule has 2 amide bonds. The highest BCUT2D eigenvalue weighted by Gasteiger charge is 2.47. The van der Waals surface area contributed by atoms with E-state index in [4.69, 9.17) is 20.2 Å². The molecule has 1 saturated carbocycles. The molecule has 5 rings (SSSR count). The molecule has 0 bridgehead atoms. The first-order valence-corrected chi connectivity index (χ1v) is 14.7. The van der Waals surface area contributed by atoms with E-state index in [1.165, 1.54) is 19.2 Å². The topological polar surface area (TPSA) is 137 Å². The Morgan fingerprint density at radius 3 is 2.51 bits per heavy atom. The van der Waals surface area contributed by atoms with Gasteiger partial charge in [-0.2, -0.15) is 0 Å². The van der Waals surface area contributed by atoms with Gasteiger partial charge in [-0.05, 0) is 97.1 Å². The number of nitrogens with zero attached hydrogens (tertiary/aromatic N) is 2. The lowest BCUT2D eigenvalue weighted by atomic mass is 9.90. The standard InChI is InChI=1S/C32H32BrFN4O5/c1-4-43-30-20(15-27(35)39)14-26(38-29(30)18-5-9-23(34)10-6-18)32(41,22-7-8-22)16-36-31(40)21-11-19-12-24(33)17(2)37-28(19)25(13-21)42-3/h5-6,9-14,22,41H,4,7-8,15-16H2,1-3H3,(H2,35,39)(H,36,40)/t32-/m1/s1. The second-order valence-electron chi connectivity index (χ2n) is 10.6. The predicted molar refractivity (Wildman–Crippen MR) is 163 cm³/mol. The van der Waals surface area contributed by atoms with Crippen molar-refractivity contribution in [2.75, 3.05) is 20.3 Å². The van der Waals surface area contributed by atoms with Crippen LogP contribution in [0.15, 0.2) is 53.0 Å². The molecule has 0 saturated heterocycles. The average molecular weight is 652 g/mol. The molecule has 0 unspecified atom stereocenters. The summed E-state index contributed by atoms with van der Waals surface area (Å²) >= 11 is 3.49. The van der Waals surface area contributed by atoms with E-state index in [0.29, 0.717) is 44.8 Å². The smallest absolute Gasteiger partial charge is 0.251 e. The number of aryl methyl sites for hydroxylation is 1. The highest BCUT2D eigenvalue weighted by Crippen LogP contribution is 2.47. The zero-order valence-electron chi connectivity index (χ0n) is 24.0. The molecule has 4 aromatic rings. The highest BCUT2D eigenvalue weighted by molar-refractivity contribution is 9.10. The third kappa shape index (κ3) is 6.33. The number of hydrogen-bond donors (Lipinski definition) is 3. The number of aliphatic hydroxyl groups is 1. The summed E-state index contributed by atoms with van der Waals surface area (Å²) in [6.45, 7) is 3.80. The summed E-state index contributed by atoms with van der Waals surface area (Å²) in [6, 6.07) is 12.5. The van der Waals surface area contributed by atoms with Crippen molar-refractivity contribution >= 4 is 38.6 Å². The minimum atomic E-state index is -1.57. The van der Waals surface area contributed by atoms with Gasteiger partial charge in [0.25, 0.3) is 5.91 Å². The number of fused-ring (bicyclic) bond motifs is 1. The van der Waals surface area contributed by atoms with E-state index in [1.54, 1.807) is 37.3 Å². The molecule has 224 valence electrons. The van der Waals surface area contributed by atoms with Gasteiger partial charge in [0.1, 0.15) is 34.1 Å². The van der Waals surface area contributed by atoms with Crippen LogP contribution >= 0.6 is 15.9 Å². The van der Waals surface area contributed by atoms with Crippen LogP contribution in [0.25, 0.3) is 22.2 Å². The molecular formula is C32H32BrFN4O5. The maximum Gasteiger partial charge on any atom is 0.251 e. The van der Waals surface area contributed by atoms with Crippen molar-refractivity contribution in [3.05, 3.63) is 81.3 Å². The molecular weight excluding hydrogens is 619 g/mol. The van der Waals surface area contributed by atoms with Crippen LogP contribution in [0.2, 0.25) is 0 Å². The Bertz CT molecular complexity index is 1710. The molecule has 1 fully saturated rings. The molecule has 1 aliphatic carbocycles. The van der Waals surface area contributed by atoms with Gasteiger partial charge in [-0.25, -0.2) is 14.4 Å². The van der Waals surface area contributed by atoms with Gasteiger partial charge in [-0.15, -0.1) is 0 Å². The van der Waals surface area contributed by atoms with Crippen LogP contribution in [0, 0.1) is 18.7 Å². The fourth-order valence-electron chi connectivity index (χ4n) is 5.17. The van der Waals surface area contributed by atoms with Crippen LogP contribution in [-0.2, 0) is 16.8 Å². The van der Waals surface area contributed by atoms with E-state index in [2.05, 4.69) is 26.2 Å². The summed E-state index contributed by atoms with van der Waals surface area (Å²) in [5.74, 6) is -0.835. The molecule has 0 aliphatic heterocycles. The third-order valence-electron chi connectivity index (χ3n) is 7.53. The number of benzene rings is 2. The van der Waals surface area contributed by atoms with Gasteiger partial charge in [0.2, 0.25) is 5.91 Å². The number of methoxy groups -OCH3 is 1. The van der Waals surface area contributed by atoms with Gasteiger partial charge in [-0.3, -0.25) is 9.59 Å². The molecule has 0 spiro atoms. The molecule has 2 heterocycles. The lowest BCUT2D eigenvalue weighted by molar-refractivity contribution is -0.117. The first-order valence-electron chi connectivity index (χ1n) is 13.9. The van der Waals surface area contributed by atoms with Gasteiger partial charge in [-0.1, -0.05) is 0 Å². The number of carbonyl (C=O) groups is 2. The summed E-state index contributed by atoms with van der Waals surface area (Å²) in [5.41, 5.74) is 7.34. The van der Waals surface area contributed by atoms with Gasteiger partial charge in [0.05, 0.1) is 38.1 Å². The summed E-state index contributed by atoms with van der Waals surface area (Å²) < 4.78 is 26.0. The first-order chi connectivity index (χ1) is 20.5. The predicted octanol–water partition coefficient (Wildman–Crippen LogP) is 4.97. The number of amides is 2. The molecule has 2 aromatic carbocycles. The zero-order valence-corrected chi connectivity index (χ0v) is 25.6. The van der Waals surface area contributed by atoms with E-state index >= 15 is 0 Å². The first kappa shape index (κ1) is 30.4. The second-order valence-corrected chi connectivity index (χ2v) is 11.5. The SMILES string of the molecule is CCOc1c(CC(N)=O)cc([C@@](O)(CNC(=O)c2cc(OC)c3nc(C)c(Br)cc3c2)C2CC2)nc1-c1ccc(F)cc1. The Morgan fingerprint density at radius 2 is 1.88 bits per heavy atom. The average Bonchev–Trinajstić information content (AvgIpc) is 3.83. The van der Waals surface area contributed by atoms with Crippen LogP contribution < -0.4 is 20.5 Å². The van der Waals surface area contributed by atoms with Crippen molar-refractivity contribution in [3.63, 3.8) is 0 Å². The number of halogens is 2. The number of aromatic nitrogens is 2. The van der Waals surface area contributed by atoms with E-state index in [-0.39, 0.29) is 31.2 Å². The molecule has 2 aromatic heterocycles. The zero-order chi connectivity index (χ0) is 30.9. The van der Waals surface area contributed by atoms with Crippen molar-refractivity contribution in [2.45, 2.75) is 38.7 Å². The third-order valence-corrected chi connectivity index (χ3v) is 8.33. The molecule has 1 aliphatic rings. The second kappa shape index (κ2) is 12.3. The summed E-state index contributed by atoms with van der Waals surface area (Å²) in [4.78, 5) is 34.9. The van der Waals surface area contributed by atoms with E-state index in [9.17, 15) is 19.1 Å². The van der Waals surface area contributed by atoms with Crippen LogP contribution in [-0.4, -0.2) is 47.2 Å². The Morgan fingerprint density at radius 1 is 1.16 bits per heavy atom. The van der Waals surface area contributed by atoms with Gasteiger partial charge >= 0.3 is 0 Å². The number of ether oxygens (including phenoxy) is 2. The molecule has 4 N–H and O–H groups in total. The lowest BCUT2D eigenvalue weighted by Crippen LogP contribution is -2.43. The van der Waals surface area contributed by atoms with E-state index in [0.717, 1.165) is 23.0 Å². The number of nitrogens with two attached hydrogens (primary N) is 1. The number of carbonyl (C=O) groups excluding carboxylic acids is 2. The Hall–Kier alpha value is -4.09. The summed E-state index contributed by atoms with van der Waals surface area (Å²) in [5, 5.41) is 15.7. The molecule has 11 heteroatoms.